The van der Waals surface area contributed by atoms with Gasteiger partial charge in [0.25, 0.3) is 5.56 Å². The topological polar surface area (TPSA) is 132 Å². The third-order valence-electron chi connectivity index (χ3n) is 6.63. The maximum atomic E-state index is 13.3. The molecule has 3 heterocycles. The summed E-state index contributed by atoms with van der Waals surface area (Å²) in [4.78, 5) is 33.2. The zero-order valence-corrected chi connectivity index (χ0v) is 24.6. The molecule has 1 unspecified atom stereocenters. The number of carbonyl (C=O) groups is 1. The van der Waals surface area contributed by atoms with E-state index < -0.39 is 17.6 Å². The third-order valence-corrected chi connectivity index (χ3v) is 7.19. The lowest BCUT2D eigenvalue weighted by Crippen LogP contribution is -2.26. The van der Waals surface area contributed by atoms with Crippen LogP contribution in [-0.2, 0) is 4.79 Å². The second kappa shape index (κ2) is 12.1. The van der Waals surface area contributed by atoms with Crippen LogP contribution in [0.3, 0.4) is 0 Å². The number of anilines is 2. The van der Waals surface area contributed by atoms with Gasteiger partial charge in [-0.3, -0.25) is 14.2 Å². The van der Waals surface area contributed by atoms with Crippen LogP contribution in [-0.4, -0.2) is 25.5 Å². The zero-order chi connectivity index (χ0) is 30.8. The van der Waals surface area contributed by atoms with E-state index in [0.717, 1.165) is 5.56 Å². The number of benzene rings is 3. The van der Waals surface area contributed by atoms with Gasteiger partial charge >= 0.3 is 0 Å². The Bertz CT molecular complexity index is 2040. The Hall–Kier alpha value is -5.33. The quantitative estimate of drug-likeness (QED) is 0.153. The highest BCUT2D eigenvalue weighted by molar-refractivity contribution is 9.10. The normalized spacial score (nSPS) is 11.7. The number of nitrogens with one attached hydrogen (secondary N) is 2. The number of rotatable bonds is 8. The number of amides is 1. The minimum Gasteiger partial charge on any atom is -0.438 e. The van der Waals surface area contributed by atoms with E-state index in [4.69, 9.17) is 9.15 Å². The van der Waals surface area contributed by atoms with Crippen LogP contribution in [0.2, 0.25) is 0 Å². The van der Waals surface area contributed by atoms with Gasteiger partial charge in [0, 0.05) is 30.2 Å². The van der Waals surface area contributed by atoms with E-state index in [2.05, 4.69) is 36.5 Å². The summed E-state index contributed by atoms with van der Waals surface area (Å²) >= 11 is 3.47. The number of aliphatic hydroxyl groups is 1. The van der Waals surface area contributed by atoms with Gasteiger partial charge in [-0.1, -0.05) is 12.1 Å². The molecule has 0 radical (unpaired) electrons. The van der Waals surface area contributed by atoms with Gasteiger partial charge in [0.1, 0.15) is 23.3 Å². The molecule has 0 aliphatic heterocycles. The largest absolute Gasteiger partial charge is 0.438 e. The number of aliphatic hydroxyl groups excluding tert-OH is 1. The van der Waals surface area contributed by atoms with E-state index in [9.17, 15) is 19.1 Å². The number of ether oxygens (including phenoxy) is 1. The van der Waals surface area contributed by atoms with Gasteiger partial charge in [0.2, 0.25) is 17.5 Å². The number of carbonyl (C=O) groups excluding carboxylic acids is 1. The number of nitrogens with zero attached hydrogens (tertiary/aromatic N) is 3. The van der Waals surface area contributed by atoms with Crippen molar-refractivity contribution in [3.05, 3.63) is 124 Å². The third kappa shape index (κ3) is 5.93. The molecule has 1 atom stereocenters. The molecule has 3 aromatic carbocycles. The minimum absolute atomic E-state index is 0.112. The standard InChI is InChI=1S/C32H23BrFN5O5/c1-18(40)37-22-5-2-4-19(16-22)26-27-30(35-17-36-31(27)44-28(26)33)43-24-13-9-21(10-14-24)38-29(41)25-6-3-15-39(32(25)42)23-11-7-20(34)8-12-23/h2-17,29,38,41H,1H3,(H,37,40). The van der Waals surface area contributed by atoms with Crippen LogP contribution in [0.4, 0.5) is 15.8 Å². The fourth-order valence-corrected chi connectivity index (χ4v) is 5.24. The summed E-state index contributed by atoms with van der Waals surface area (Å²) in [7, 11) is 0. The first kappa shape index (κ1) is 28.8. The number of hydrogen-bond acceptors (Lipinski definition) is 8. The second-order valence-electron chi connectivity index (χ2n) is 9.66. The predicted molar refractivity (Wildman–Crippen MR) is 166 cm³/mol. The van der Waals surface area contributed by atoms with Crippen molar-refractivity contribution in [1.29, 1.82) is 0 Å². The van der Waals surface area contributed by atoms with Crippen molar-refractivity contribution < 1.29 is 23.4 Å². The summed E-state index contributed by atoms with van der Waals surface area (Å²) < 4.78 is 27.0. The Kier molecular flexibility index (Phi) is 7.92. The van der Waals surface area contributed by atoms with Crippen molar-refractivity contribution in [3.63, 3.8) is 0 Å². The van der Waals surface area contributed by atoms with E-state index in [-0.39, 0.29) is 17.4 Å². The van der Waals surface area contributed by atoms with Crippen LogP contribution in [0.15, 0.2) is 111 Å². The first-order valence-electron chi connectivity index (χ1n) is 13.3. The van der Waals surface area contributed by atoms with Gasteiger partial charge in [-0.05, 0) is 94.3 Å². The summed E-state index contributed by atoms with van der Waals surface area (Å²) in [5.41, 5.74) is 2.98. The van der Waals surface area contributed by atoms with E-state index in [1.165, 1.54) is 48.1 Å². The lowest BCUT2D eigenvalue weighted by atomic mass is 10.1. The highest BCUT2D eigenvalue weighted by Crippen LogP contribution is 2.42. The smallest absolute Gasteiger partial charge is 0.262 e. The maximum absolute atomic E-state index is 13.3. The zero-order valence-electron chi connectivity index (χ0n) is 23.0. The summed E-state index contributed by atoms with van der Waals surface area (Å²) in [6.45, 7) is 1.44. The predicted octanol–water partition coefficient (Wildman–Crippen LogP) is 6.80. The molecule has 3 N–H and O–H groups in total. The second-order valence-corrected chi connectivity index (χ2v) is 10.4. The molecule has 0 spiro atoms. The van der Waals surface area contributed by atoms with Crippen molar-refractivity contribution >= 4 is 44.3 Å². The molecule has 0 saturated carbocycles. The molecule has 12 heteroatoms. The molecule has 10 nitrogen and oxygen atoms in total. The van der Waals surface area contributed by atoms with Crippen molar-refractivity contribution in [2.75, 3.05) is 10.6 Å². The van der Waals surface area contributed by atoms with Crippen LogP contribution in [0.5, 0.6) is 11.6 Å². The molecule has 44 heavy (non-hydrogen) atoms. The Balaban J connectivity index is 1.23. The summed E-state index contributed by atoms with van der Waals surface area (Å²) in [6.07, 6.45) is 1.56. The fourth-order valence-electron chi connectivity index (χ4n) is 4.66. The van der Waals surface area contributed by atoms with E-state index >= 15 is 0 Å². The Morgan fingerprint density at radius 3 is 2.55 bits per heavy atom. The number of hydrogen-bond donors (Lipinski definition) is 3. The number of fused-ring (bicyclic) bond motifs is 1. The van der Waals surface area contributed by atoms with Crippen molar-refractivity contribution in [1.82, 2.24) is 14.5 Å². The maximum Gasteiger partial charge on any atom is 0.262 e. The minimum atomic E-state index is -1.32. The van der Waals surface area contributed by atoms with Gasteiger partial charge < -0.3 is 24.9 Å². The van der Waals surface area contributed by atoms with Crippen LogP contribution < -0.4 is 20.9 Å². The number of halogens is 2. The van der Waals surface area contributed by atoms with Crippen molar-refractivity contribution in [2.24, 2.45) is 0 Å². The summed E-state index contributed by atoms with van der Waals surface area (Å²) in [5.74, 6) is 0.0826. The van der Waals surface area contributed by atoms with E-state index in [1.54, 1.807) is 48.7 Å². The Morgan fingerprint density at radius 2 is 1.80 bits per heavy atom. The van der Waals surface area contributed by atoms with Gasteiger partial charge in [-0.2, -0.15) is 0 Å². The lowest BCUT2D eigenvalue weighted by Gasteiger charge is -2.16. The highest BCUT2D eigenvalue weighted by Gasteiger charge is 2.21. The van der Waals surface area contributed by atoms with Crippen LogP contribution in [0.1, 0.15) is 18.7 Å². The Morgan fingerprint density at radius 1 is 1.02 bits per heavy atom. The summed E-state index contributed by atoms with van der Waals surface area (Å²) in [6, 6.07) is 22.6. The summed E-state index contributed by atoms with van der Waals surface area (Å²) in [5, 5.41) is 17.0. The first-order valence-corrected chi connectivity index (χ1v) is 14.1. The molecule has 0 saturated heterocycles. The average Bonchev–Trinajstić information content (AvgIpc) is 3.35. The lowest BCUT2D eigenvalue weighted by molar-refractivity contribution is -0.114. The molecule has 0 fully saturated rings. The first-order chi connectivity index (χ1) is 21.3. The molecule has 0 bridgehead atoms. The molecular weight excluding hydrogens is 633 g/mol. The van der Waals surface area contributed by atoms with E-state index in [1.807, 2.05) is 12.1 Å². The molecule has 6 rings (SSSR count). The molecule has 220 valence electrons. The number of furan rings is 1. The number of aromatic nitrogens is 3. The molecular formula is C32H23BrFN5O5. The van der Waals surface area contributed by atoms with Crippen molar-refractivity contribution in [3.8, 4) is 28.4 Å². The molecule has 6 aromatic rings. The van der Waals surface area contributed by atoms with E-state index in [0.29, 0.717) is 44.1 Å². The molecule has 3 aromatic heterocycles. The van der Waals surface area contributed by atoms with Gasteiger partial charge in [-0.25, -0.2) is 14.4 Å². The van der Waals surface area contributed by atoms with Crippen LogP contribution in [0.25, 0.3) is 27.9 Å². The van der Waals surface area contributed by atoms with Gasteiger partial charge in [-0.15, -0.1) is 0 Å². The number of pyridine rings is 1. The fraction of sp³-hybridized carbons (Fsp3) is 0.0625. The average molecular weight is 656 g/mol. The van der Waals surface area contributed by atoms with Gasteiger partial charge in [0.15, 0.2) is 10.9 Å². The Labute approximate surface area is 257 Å². The van der Waals surface area contributed by atoms with Crippen LogP contribution in [0, 0.1) is 5.82 Å². The van der Waals surface area contributed by atoms with Crippen LogP contribution >= 0.6 is 15.9 Å². The molecule has 1 amide bonds. The van der Waals surface area contributed by atoms with Gasteiger partial charge in [0.05, 0.1) is 11.1 Å². The molecule has 0 aliphatic carbocycles. The monoisotopic (exact) mass is 655 g/mol. The SMILES string of the molecule is CC(=O)Nc1cccc(-c2c(Br)oc3ncnc(Oc4ccc(NC(O)c5cccn(-c6ccc(F)cc6)c5=O)cc4)c23)c1. The van der Waals surface area contributed by atoms with Crippen molar-refractivity contribution in [2.45, 2.75) is 13.2 Å². The highest BCUT2D eigenvalue weighted by atomic mass is 79.9. The molecule has 0 aliphatic rings.